The van der Waals surface area contributed by atoms with Gasteiger partial charge in [0, 0.05) is 21.5 Å². The predicted molar refractivity (Wildman–Crippen MR) is 76.2 cm³/mol. The molecule has 0 aliphatic heterocycles. The third-order valence-corrected chi connectivity index (χ3v) is 3.83. The summed E-state index contributed by atoms with van der Waals surface area (Å²) in [4.78, 5) is 20.2. The van der Waals surface area contributed by atoms with Crippen molar-refractivity contribution in [3.05, 3.63) is 50.4 Å². The van der Waals surface area contributed by atoms with Gasteiger partial charge >= 0.3 is 0 Å². The first-order valence-corrected chi connectivity index (χ1v) is 6.44. The molecule has 0 aliphatic carbocycles. The summed E-state index contributed by atoms with van der Waals surface area (Å²) in [5, 5.41) is 0.532. The Balaban J connectivity index is 2.44. The summed E-state index contributed by atoms with van der Waals surface area (Å²) < 4.78 is 5.90. The first-order valence-electron chi connectivity index (χ1n) is 4.98. The molecule has 6 heteroatoms. The number of halogens is 2. The molecule has 2 rings (SSSR count). The van der Waals surface area contributed by atoms with Crippen LogP contribution in [0.15, 0.2) is 30.6 Å². The van der Waals surface area contributed by atoms with Gasteiger partial charge in [-0.2, -0.15) is 0 Å². The molecule has 4 nitrogen and oxygen atoms in total. The minimum absolute atomic E-state index is 0.178. The zero-order chi connectivity index (χ0) is 13.1. The van der Waals surface area contributed by atoms with Crippen molar-refractivity contribution in [1.29, 1.82) is 0 Å². The second-order valence-electron chi connectivity index (χ2n) is 3.37. The van der Waals surface area contributed by atoms with Crippen LogP contribution in [0.2, 0.25) is 5.02 Å². The van der Waals surface area contributed by atoms with Crippen molar-refractivity contribution in [3.8, 4) is 5.88 Å². The molecular formula is C12H8ClIN2O2. The van der Waals surface area contributed by atoms with E-state index in [1.807, 2.05) is 0 Å². The van der Waals surface area contributed by atoms with Crippen molar-refractivity contribution < 1.29 is 9.53 Å². The van der Waals surface area contributed by atoms with Crippen molar-refractivity contribution >= 4 is 40.0 Å². The minimum atomic E-state index is -0.266. The first-order chi connectivity index (χ1) is 8.63. The molecule has 0 radical (unpaired) electrons. The fourth-order valence-electron chi connectivity index (χ4n) is 1.40. The normalized spacial score (nSPS) is 10.2. The number of benzene rings is 1. The van der Waals surface area contributed by atoms with E-state index in [1.165, 1.54) is 19.5 Å². The highest BCUT2D eigenvalue weighted by atomic mass is 127. The van der Waals surface area contributed by atoms with Crippen LogP contribution in [0.25, 0.3) is 0 Å². The fraction of sp³-hybridized carbons (Fsp3) is 0.0833. The molecule has 1 heterocycles. The lowest BCUT2D eigenvalue weighted by molar-refractivity contribution is 0.103. The Bertz CT molecular complexity index is 604. The van der Waals surface area contributed by atoms with Gasteiger partial charge in [0.15, 0.2) is 5.69 Å². The van der Waals surface area contributed by atoms with Gasteiger partial charge in [0.25, 0.3) is 0 Å². The van der Waals surface area contributed by atoms with Crippen LogP contribution < -0.4 is 4.74 Å². The maximum Gasteiger partial charge on any atom is 0.243 e. The summed E-state index contributed by atoms with van der Waals surface area (Å²) in [5.41, 5.74) is 0.636. The maximum atomic E-state index is 12.2. The van der Waals surface area contributed by atoms with Crippen LogP contribution >= 0.6 is 34.2 Å². The summed E-state index contributed by atoms with van der Waals surface area (Å²) in [6.45, 7) is 0. The highest BCUT2D eigenvalue weighted by Gasteiger charge is 2.17. The number of ketones is 1. The zero-order valence-electron chi connectivity index (χ0n) is 9.35. The Hall–Kier alpha value is -1.21. The molecule has 0 saturated carbocycles. The molecule has 1 aromatic carbocycles. The van der Waals surface area contributed by atoms with Crippen LogP contribution in [0, 0.1) is 3.57 Å². The highest BCUT2D eigenvalue weighted by Crippen LogP contribution is 2.22. The van der Waals surface area contributed by atoms with E-state index in [1.54, 1.807) is 18.2 Å². The van der Waals surface area contributed by atoms with Crippen LogP contribution in [0.4, 0.5) is 0 Å². The minimum Gasteiger partial charge on any atom is -0.479 e. The predicted octanol–water partition coefficient (Wildman–Crippen LogP) is 2.97. The number of nitrogens with zero attached hydrogens (tertiary/aromatic N) is 2. The van der Waals surface area contributed by atoms with Crippen molar-refractivity contribution in [2.24, 2.45) is 0 Å². The molecular weight excluding hydrogens is 367 g/mol. The van der Waals surface area contributed by atoms with Crippen molar-refractivity contribution in [2.75, 3.05) is 7.11 Å². The standard InChI is InChI=1S/C12H8ClIN2O2/c1-18-12-10(15-4-5-16-12)11(17)7-2-3-9(14)8(13)6-7/h2-6H,1H3. The number of rotatable bonds is 3. The molecule has 0 atom stereocenters. The molecule has 0 N–H and O–H groups in total. The number of carbonyl (C=O) groups is 1. The number of aromatic nitrogens is 2. The fourth-order valence-corrected chi connectivity index (χ4v) is 1.92. The average Bonchev–Trinajstić information content (AvgIpc) is 2.41. The molecule has 92 valence electrons. The van der Waals surface area contributed by atoms with Gasteiger partial charge in [-0.05, 0) is 40.8 Å². The Labute approximate surface area is 122 Å². The van der Waals surface area contributed by atoms with E-state index >= 15 is 0 Å². The van der Waals surface area contributed by atoms with E-state index in [0.29, 0.717) is 10.6 Å². The summed E-state index contributed by atoms with van der Waals surface area (Å²) in [5.74, 6) is -0.0598. The molecule has 0 unspecified atom stereocenters. The van der Waals surface area contributed by atoms with Gasteiger partial charge in [-0.1, -0.05) is 11.6 Å². The molecule has 0 aliphatic rings. The molecule has 18 heavy (non-hydrogen) atoms. The number of hydrogen-bond donors (Lipinski definition) is 0. The lowest BCUT2D eigenvalue weighted by atomic mass is 10.1. The van der Waals surface area contributed by atoms with Gasteiger partial charge in [0.05, 0.1) is 12.1 Å². The van der Waals surface area contributed by atoms with Crippen molar-refractivity contribution in [3.63, 3.8) is 0 Å². The van der Waals surface area contributed by atoms with Crippen LogP contribution in [0.5, 0.6) is 5.88 Å². The van der Waals surface area contributed by atoms with E-state index < -0.39 is 0 Å². The van der Waals surface area contributed by atoms with Crippen LogP contribution in [0.1, 0.15) is 16.1 Å². The Morgan fingerprint density at radius 1 is 1.33 bits per heavy atom. The molecule has 0 amide bonds. The van der Waals surface area contributed by atoms with Gasteiger partial charge in [-0.15, -0.1) is 0 Å². The molecule has 0 spiro atoms. The third kappa shape index (κ3) is 2.62. The summed E-state index contributed by atoms with van der Waals surface area (Å²) >= 11 is 8.09. The molecule has 0 fully saturated rings. The SMILES string of the molecule is COc1nccnc1C(=O)c1ccc(I)c(Cl)c1. The highest BCUT2D eigenvalue weighted by molar-refractivity contribution is 14.1. The number of hydrogen-bond acceptors (Lipinski definition) is 4. The van der Waals surface area contributed by atoms with E-state index in [4.69, 9.17) is 16.3 Å². The summed E-state index contributed by atoms with van der Waals surface area (Å²) in [7, 11) is 1.45. The van der Waals surface area contributed by atoms with Gasteiger partial charge in [0.2, 0.25) is 11.7 Å². The van der Waals surface area contributed by atoms with E-state index in [2.05, 4.69) is 32.6 Å². The zero-order valence-corrected chi connectivity index (χ0v) is 12.3. The lowest BCUT2D eigenvalue weighted by Gasteiger charge is -2.05. The second kappa shape index (κ2) is 5.62. The molecule has 2 aromatic rings. The monoisotopic (exact) mass is 374 g/mol. The van der Waals surface area contributed by atoms with Crippen molar-refractivity contribution in [2.45, 2.75) is 0 Å². The summed E-state index contributed by atoms with van der Waals surface area (Å²) in [6, 6.07) is 5.09. The van der Waals surface area contributed by atoms with Gasteiger partial charge in [-0.3, -0.25) is 4.79 Å². The Kier molecular flexibility index (Phi) is 4.13. The van der Waals surface area contributed by atoms with Gasteiger partial charge in [0.1, 0.15) is 0 Å². The third-order valence-electron chi connectivity index (χ3n) is 2.25. The van der Waals surface area contributed by atoms with Crippen LogP contribution in [-0.2, 0) is 0 Å². The number of carbonyl (C=O) groups excluding carboxylic acids is 1. The first kappa shape index (κ1) is 13.2. The topological polar surface area (TPSA) is 52.1 Å². The smallest absolute Gasteiger partial charge is 0.243 e. The molecule has 0 bridgehead atoms. The molecule has 0 saturated heterocycles. The number of methoxy groups -OCH3 is 1. The lowest BCUT2D eigenvalue weighted by Crippen LogP contribution is -2.07. The van der Waals surface area contributed by atoms with Gasteiger partial charge in [-0.25, -0.2) is 9.97 Å². The van der Waals surface area contributed by atoms with Crippen LogP contribution in [-0.4, -0.2) is 22.9 Å². The average molecular weight is 375 g/mol. The Morgan fingerprint density at radius 3 is 2.72 bits per heavy atom. The largest absolute Gasteiger partial charge is 0.479 e. The van der Waals surface area contributed by atoms with Crippen LogP contribution in [0.3, 0.4) is 0 Å². The van der Waals surface area contributed by atoms with E-state index in [0.717, 1.165) is 3.57 Å². The van der Waals surface area contributed by atoms with Crippen molar-refractivity contribution in [1.82, 2.24) is 9.97 Å². The maximum absolute atomic E-state index is 12.2. The van der Waals surface area contributed by atoms with E-state index in [-0.39, 0.29) is 17.4 Å². The van der Waals surface area contributed by atoms with Gasteiger partial charge < -0.3 is 4.74 Å². The quantitative estimate of drug-likeness (QED) is 0.612. The van der Waals surface area contributed by atoms with E-state index in [9.17, 15) is 4.79 Å². The Morgan fingerprint density at radius 2 is 2.06 bits per heavy atom. The summed E-state index contributed by atoms with van der Waals surface area (Å²) in [6.07, 6.45) is 2.92. The number of ether oxygens (including phenoxy) is 1. The second-order valence-corrected chi connectivity index (χ2v) is 4.94. The molecule has 1 aromatic heterocycles.